The summed E-state index contributed by atoms with van der Waals surface area (Å²) >= 11 is 0. The molecule has 1 aromatic carbocycles. The standard InChI is InChI=1S/C17H19N3O3/c1-11(2)20-13-4-5-14(18-9-13)17(21)19-8-12-3-6-15-16(7-12)23-10-22-15/h3-7,9,11,20H,8,10H2,1-2H3,(H,19,21). The predicted molar refractivity (Wildman–Crippen MR) is 86.7 cm³/mol. The molecule has 2 N–H and O–H groups in total. The Bertz CT molecular complexity index is 699. The van der Waals surface area contributed by atoms with Crippen LogP contribution in [-0.4, -0.2) is 23.7 Å². The van der Waals surface area contributed by atoms with Gasteiger partial charge in [0.1, 0.15) is 5.69 Å². The number of fused-ring (bicyclic) bond motifs is 1. The Labute approximate surface area is 134 Å². The highest BCUT2D eigenvalue weighted by Crippen LogP contribution is 2.32. The number of hydrogen-bond donors (Lipinski definition) is 2. The highest BCUT2D eigenvalue weighted by atomic mass is 16.7. The van der Waals surface area contributed by atoms with E-state index >= 15 is 0 Å². The molecule has 0 unspecified atom stereocenters. The topological polar surface area (TPSA) is 72.5 Å². The molecule has 0 atom stereocenters. The molecule has 1 aromatic heterocycles. The van der Waals surface area contributed by atoms with Crippen LogP contribution in [0.1, 0.15) is 29.9 Å². The van der Waals surface area contributed by atoms with Crippen LogP contribution in [0.3, 0.4) is 0 Å². The van der Waals surface area contributed by atoms with Crippen LogP contribution in [0.4, 0.5) is 5.69 Å². The predicted octanol–water partition coefficient (Wildman–Crippen LogP) is 2.56. The second kappa shape index (κ2) is 6.56. The third-order valence-electron chi connectivity index (χ3n) is 3.34. The van der Waals surface area contributed by atoms with E-state index in [1.807, 2.05) is 38.1 Å². The highest BCUT2D eigenvalue weighted by Gasteiger charge is 2.14. The number of nitrogens with zero attached hydrogens (tertiary/aromatic N) is 1. The molecule has 2 aromatic rings. The highest BCUT2D eigenvalue weighted by molar-refractivity contribution is 5.92. The zero-order valence-corrected chi connectivity index (χ0v) is 13.1. The first kappa shape index (κ1) is 15.1. The Morgan fingerprint density at radius 1 is 1.22 bits per heavy atom. The second-order valence-electron chi connectivity index (χ2n) is 5.60. The van der Waals surface area contributed by atoms with E-state index in [0.29, 0.717) is 24.0 Å². The molecule has 0 radical (unpaired) electrons. The summed E-state index contributed by atoms with van der Waals surface area (Å²) in [6.07, 6.45) is 1.66. The maximum absolute atomic E-state index is 12.1. The van der Waals surface area contributed by atoms with Gasteiger partial charge in [-0.15, -0.1) is 0 Å². The van der Waals surface area contributed by atoms with Gasteiger partial charge in [-0.2, -0.15) is 0 Å². The lowest BCUT2D eigenvalue weighted by Gasteiger charge is -2.10. The number of carbonyl (C=O) groups excluding carboxylic acids is 1. The average molecular weight is 313 g/mol. The molecule has 1 aliphatic rings. The molecule has 0 spiro atoms. The number of amides is 1. The fourth-order valence-corrected chi connectivity index (χ4v) is 2.27. The smallest absolute Gasteiger partial charge is 0.270 e. The Morgan fingerprint density at radius 3 is 2.78 bits per heavy atom. The number of aromatic nitrogens is 1. The van der Waals surface area contributed by atoms with Crippen LogP contribution in [0.15, 0.2) is 36.5 Å². The Balaban J connectivity index is 1.58. The molecule has 0 aliphatic carbocycles. The molecule has 1 aliphatic heterocycles. The summed E-state index contributed by atoms with van der Waals surface area (Å²) in [5.74, 6) is 1.23. The van der Waals surface area contributed by atoms with Gasteiger partial charge in [0.05, 0.1) is 11.9 Å². The van der Waals surface area contributed by atoms with Crippen LogP contribution in [0.2, 0.25) is 0 Å². The van der Waals surface area contributed by atoms with E-state index in [-0.39, 0.29) is 12.7 Å². The first-order valence-electron chi connectivity index (χ1n) is 7.51. The van der Waals surface area contributed by atoms with E-state index in [1.54, 1.807) is 12.3 Å². The summed E-state index contributed by atoms with van der Waals surface area (Å²) in [5, 5.41) is 6.08. The lowest BCUT2D eigenvalue weighted by molar-refractivity contribution is 0.0946. The van der Waals surface area contributed by atoms with E-state index in [9.17, 15) is 4.79 Å². The number of benzene rings is 1. The number of hydrogen-bond acceptors (Lipinski definition) is 5. The summed E-state index contributed by atoms with van der Waals surface area (Å²) in [4.78, 5) is 16.3. The third-order valence-corrected chi connectivity index (χ3v) is 3.34. The summed E-state index contributed by atoms with van der Waals surface area (Å²) in [7, 11) is 0. The van der Waals surface area contributed by atoms with Crippen LogP contribution in [0.25, 0.3) is 0 Å². The molecule has 6 heteroatoms. The SMILES string of the molecule is CC(C)Nc1ccc(C(=O)NCc2ccc3c(c2)OCO3)nc1. The fourth-order valence-electron chi connectivity index (χ4n) is 2.27. The number of rotatable bonds is 5. The molecular formula is C17H19N3O3. The normalized spacial score (nSPS) is 12.3. The molecule has 0 saturated carbocycles. The van der Waals surface area contributed by atoms with Crippen molar-refractivity contribution in [3.63, 3.8) is 0 Å². The van der Waals surface area contributed by atoms with Crippen molar-refractivity contribution < 1.29 is 14.3 Å². The van der Waals surface area contributed by atoms with Crippen molar-refractivity contribution in [2.45, 2.75) is 26.4 Å². The molecule has 6 nitrogen and oxygen atoms in total. The van der Waals surface area contributed by atoms with E-state index in [1.165, 1.54) is 0 Å². The second-order valence-corrected chi connectivity index (χ2v) is 5.60. The Kier molecular flexibility index (Phi) is 4.32. The molecule has 0 fully saturated rings. The Morgan fingerprint density at radius 2 is 2.04 bits per heavy atom. The van der Waals surface area contributed by atoms with E-state index < -0.39 is 0 Å². The minimum absolute atomic E-state index is 0.209. The summed E-state index contributed by atoms with van der Waals surface area (Å²) in [6.45, 7) is 4.74. The van der Waals surface area contributed by atoms with Gasteiger partial charge < -0.3 is 20.1 Å². The molecule has 2 heterocycles. The van der Waals surface area contributed by atoms with Gasteiger partial charge >= 0.3 is 0 Å². The largest absolute Gasteiger partial charge is 0.454 e. The van der Waals surface area contributed by atoms with E-state index in [0.717, 1.165) is 17.0 Å². The van der Waals surface area contributed by atoms with Gasteiger partial charge in [0.15, 0.2) is 11.5 Å². The van der Waals surface area contributed by atoms with Crippen molar-refractivity contribution in [2.24, 2.45) is 0 Å². The third kappa shape index (κ3) is 3.71. The van der Waals surface area contributed by atoms with Gasteiger partial charge in [-0.05, 0) is 43.7 Å². The quantitative estimate of drug-likeness (QED) is 0.887. The lowest BCUT2D eigenvalue weighted by Crippen LogP contribution is -2.23. The van der Waals surface area contributed by atoms with Crippen molar-refractivity contribution >= 4 is 11.6 Å². The maximum Gasteiger partial charge on any atom is 0.270 e. The zero-order valence-electron chi connectivity index (χ0n) is 13.1. The van der Waals surface area contributed by atoms with Gasteiger partial charge in [0.2, 0.25) is 6.79 Å². The fraction of sp³-hybridized carbons (Fsp3) is 0.294. The Hall–Kier alpha value is -2.76. The molecule has 120 valence electrons. The van der Waals surface area contributed by atoms with Crippen LogP contribution < -0.4 is 20.1 Å². The molecule has 0 bridgehead atoms. The van der Waals surface area contributed by atoms with Gasteiger partial charge in [-0.3, -0.25) is 4.79 Å². The average Bonchev–Trinajstić information content (AvgIpc) is 3.00. The number of carbonyl (C=O) groups is 1. The number of pyridine rings is 1. The van der Waals surface area contributed by atoms with Crippen molar-refractivity contribution in [3.05, 3.63) is 47.8 Å². The number of ether oxygens (including phenoxy) is 2. The van der Waals surface area contributed by atoms with Crippen LogP contribution >= 0.6 is 0 Å². The summed E-state index contributed by atoms with van der Waals surface area (Å²) in [6, 6.07) is 9.49. The van der Waals surface area contributed by atoms with E-state index in [2.05, 4.69) is 15.6 Å². The zero-order chi connectivity index (χ0) is 16.2. The number of nitrogens with one attached hydrogen (secondary N) is 2. The maximum atomic E-state index is 12.1. The van der Waals surface area contributed by atoms with Crippen LogP contribution in [0, 0.1) is 0 Å². The van der Waals surface area contributed by atoms with Crippen LogP contribution in [0.5, 0.6) is 11.5 Å². The van der Waals surface area contributed by atoms with E-state index in [4.69, 9.17) is 9.47 Å². The monoisotopic (exact) mass is 313 g/mol. The first-order valence-corrected chi connectivity index (χ1v) is 7.51. The minimum atomic E-state index is -0.209. The van der Waals surface area contributed by atoms with Gasteiger partial charge in [0, 0.05) is 12.6 Å². The molecular weight excluding hydrogens is 294 g/mol. The summed E-state index contributed by atoms with van der Waals surface area (Å²) in [5.41, 5.74) is 2.23. The molecule has 1 amide bonds. The van der Waals surface area contributed by atoms with Gasteiger partial charge in [-0.1, -0.05) is 6.07 Å². The molecule has 3 rings (SSSR count). The lowest BCUT2D eigenvalue weighted by atomic mass is 10.2. The molecule has 0 saturated heterocycles. The molecule has 23 heavy (non-hydrogen) atoms. The van der Waals surface area contributed by atoms with Crippen molar-refractivity contribution in [2.75, 3.05) is 12.1 Å². The summed E-state index contributed by atoms with van der Waals surface area (Å²) < 4.78 is 10.6. The number of anilines is 1. The minimum Gasteiger partial charge on any atom is -0.454 e. The van der Waals surface area contributed by atoms with Crippen LogP contribution in [-0.2, 0) is 6.54 Å². The van der Waals surface area contributed by atoms with Gasteiger partial charge in [-0.25, -0.2) is 4.98 Å². The van der Waals surface area contributed by atoms with Crippen molar-refractivity contribution in [1.82, 2.24) is 10.3 Å². The first-order chi connectivity index (χ1) is 11.1. The van der Waals surface area contributed by atoms with Crippen molar-refractivity contribution in [1.29, 1.82) is 0 Å². The van der Waals surface area contributed by atoms with Gasteiger partial charge in [0.25, 0.3) is 5.91 Å². The van der Waals surface area contributed by atoms with Crippen molar-refractivity contribution in [3.8, 4) is 11.5 Å².